The lowest BCUT2D eigenvalue weighted by Crippen LogP contribution is -2.09. The zero-order chi connectivity index (χ0) is 14.1. The molecule has 0 bridgehead atoms. The highest BCUT2D eigenvalue weighted by atomic mass is 79.9. The van der Waals surface area contributed by atoms with Gasteiger partial charge in [-0.25, -0.2) is 4.79 Å². The number of benzene rings is 1. The first-order valence-electron chi connectivity index (χ1n) is 6.37. The number of hydrogen-bond donors (Lipinski definition) is 1. The van der Waals surface area contributed by atoms with E-state index in [1.165, 1.54) is 0 Å². The van der Waals surface area contributed by atoms with Crippen molar-refractivity contribution < 1.29 is 14.3 Å². The fourth-order valence-corrected chi connectivity index (χ4v) is 2.64. The second-order valence-electron chi connectivity index (χ2n) is 4.39. The van der Waals surface area contributed by atoms with Crippen molar-refractivity contribution in [2.24, 2.45) is 0 Å². The molecule has 2 aromatic rings. The minimum atomic E-state index is -0.375. The summed E-state index contributed by atoms with van der Waals surface area (Å²) in [5.74, 6) is 0.397. The summed E-state index contributed by atoms with van der Waals surface area (Å²) in [6.07, 6.45) is 0.617. The van der Waals surface area contributed by atoms with Crippen LogP contribution in [0.5, 0.6) is 5.75 Å². The van der Waals surface area contributed by atoms with E-state index in [0.29, 0.717) is 25.3 Å². The molecule has 0 spiro atoms. The zero-order valence-corrected chi connectivity index (χ0v) is 12.5. The number of hydrogen-bond acceptors (Lipinski definition) is 4. The van der Waals surface area contributed by atoms with Crippen molar-refractivity contribution in [1.29, 1.82) is 0 Å². The van der Waals surface area contributed by atoms with Crippen LogP contribution in [0.15, 0.2) is 22.7 Å². The van der Waals surface area contributed by atoms with Gasteiger partial charge in [0.1, 0.15) is 17.1 Å². The highest BCUT2D eigenvalue weighted by Crippen LogP contribution is 2.37. The maximum atomic E-state index is 11.9. The van der Waals surface area contributed by atoms with Crippen molar-refractivity contribution in [3.8, 4) is 17.0 Å². The molecule has 0 radical (unpaired) electrons. The number of ether oxygens (including phenoxy) is 2. The molecule has 1 aromatic heterocycles. The van der Waals surface area contributed by atoms with Crippen LogP contribution in [0.2, 0.25) is 0 Å². The molecular weight excluding hydrogens is 324 g/mol. The Morgan fingerprint density at radius 3 is 3.20 bits per heavy atom. The van der Waals surface area contributed by atoms with Crippen LogP contribution in [-0.2, 0) is 11.2 Å². The Morgan fingerprint density at radius 1 is 1.55 bits per heavy atom. The molecule has 1 aromatic carbocycles. The minimum absolute atomic E-state index is 0.339. The van der Waals surface area contributed by atoms with Gasteiger partial charge in [-0.3, -0.25) is 5.10 Å². The molecule has 1 aliphatic rings. The van der Waals surface area contributed by atoms with Crippen molar-refractivity contribution >= 4 is 21.9 Å². The van der Waals surface area contributed by atoms with Crippen LogP contribution >= 0.6 is 15.9 Å². The van der Waals surface area contributed by atoms with Gasteiger partial charge in [-0.15, -0.1) is 0 Å². The van der Waals surface area contributed by atoms with Gasteiger partial charge in [0.05, 0.1) is 13.2 Å². The average Bonchev–Trinajstić information content (AvgIpc) is 2.77. The molecule has 0 saturated carbocycles. The standard InChI is InChI=1S/C14H13BrN2O3/c1-2-19-14(18)13-9-5-6-20-11-4-3-8(15)7-10(11)12(9)16-17-13/h3-4,7H,2,5-6H2,1H3,(H,16,17). The van der Waals surface area contributed by atoms with Crippen molar-refractivity contribution in [1.82, 2.24) is 10.2 Å². The molecule has 0 fully saturated rings. The summed E-state index contributed by atoms with van der Waals surface area (Å²) in [5.41, 5.74) is 2.89. The molecular formula is C14H13BrN2O3. The van der Waals surface area contributed by atoms with Gasteiger partial charge in [0.25, 0.3) is 0 Å². The first-order valence-corrected chi connectivity index (χ1v) is 7.17. The van der Waals surface area contributed by atoms with E-state index in [1.807, 2.05) is 18.2 Å². The number of carbonyl (C=O) groups excluding carboxylic acids is 1. The summed E-state index contributed by atoms with van der Waals surface area (Å²) in [7, 11) is 0. The van der Waals surface area contributed by atoms with E-state index in [-0.39, 0.29) is 5.97 Å². The Morgan fingerprint density at radius 2 is 2.40 bits per heavy atom. The topological polar surface area (TPSA) is 64.2 Å². The number of esters is 1. The number of H-pyrrole nitrogens is 1. The number of fused-ring (bicyclic) bond motifs is 3. The maximum absolute atomic E-state index is 11.9. The van der Waals surface area contributed by atoms with Crippen LogP contribution in [0.25, 0.3) is 11.3 Å². The summed E-state index contributed by atoms with van der Waals surface area (Å²) in [6, 6.07) is 5.76. The molecule has 0 atom stereocenters. The molecule has 0 amide bonds. The summed E-state index contributed by atoms with van der Waals surface area (Å²) in [6.45, 7) is 2.63. The second kappa shape index (κ2) is 5.28. The quantitative estimate of drug-likeness (QED) is 0.856. The first kappa shape index (κ1) is 13.2. The Hall–Kier alpha value is -1.82. The highest BCUT2D eigenvalue weighted by Gasteiger charge is 2.25. The van der Waals surface area contributed by atoms with Gasteiger partial charge in [-0.05, 0) is 25.1 Å². The van der Waals surface area contributed by atoms with E-state index >= 15 is 0 Å². The van der Waals surface area contributed by atoms with E-state index in [9.17, 15) is 4.79 Å². The largest absolute Gasteiger partial charge is 0.493 e. The fraction of sp³-hybridized carbons (Fsp3) is 0.286. The Balaban J connectivity index is 2.12. The molecule has 104 valence electrons. The lowest BCUT2D eigenvalue weighted by Gasteiger charge is -2.06. The Labute approximate surface area is 124 Å². The highest BCUT2D eigenvalue weighted by molar-refractivity contribution is 9.10. The van der Waals surface area contributed by atoms with E-state index in [2.05, 4.69) is 26.1 Å². The molecule has 0 aliphatic carbocycles. The molecule has 3 rings (SSSR count). The average molecular weight is 337 g/mol. The lowest BCUT2D eigenvalue weighted by atomic mass is 10.0. The van der Waals surface area contributed by atoms with Gasteiger partial charge < -0.3 is 9.47 Å². The third-order valence-corrected chi connectivity index (χ3v) is 3.65. The van der Waals surface area contributed by atoms with E-state index in [0.717, 1.165) is 27.0 Å². The molecule has 1 aliphatic heterocycles. The fourth-order valence-electron chi connectivity index (χ4n) is 2.28. The van der Waals surface area contributed by atoms with E-state index in [1.54, 1.807) is 6.92 Å². The molecule has 5 nitrogen and oxygen atoms in total. The number of aromatic nitrogens is 2. The van der Waals surface area contributed by atoms with Crippen LogP contribution in [0.3, 0.4) is 0 Å². The van der Waals surface area contributed by atoms with Crippen molar-refractivity contribution in [2.75, 3.05) is 13.2 Å². The number of halogens is 1. The summed E-state index contributed by atoms with van der Waals surface area (Å²) < 4.78 is 11.7. The van der Waals surface area contributed by atoms with Gasteiger partial charge in [0.2, 0.25) is 0 Å². The number of rotatable bonds is 2. The van der Waals surface area contributed by atoms with Crippen molar-refractivity contribution in [3.63, 3.8) is 0 Å². The SMILES string of the molecule is CCOC(=O)c1[nH]nc2c1CCOc1ccc(Br)cc1-2. The summed E-state index contributed by atoms with van der Waals surface area (Å²) >= 11 is 3.44. The van der Waals surface area contributed by atoms with Crippen LogP contribution in [0.1, 0.15) is 23.0 Å². The van der Waals surface area contributed by atoms with Crippen LogP contribution in [0.4, 0.5) is 0 Å². The maximum Gasteiger partial charge on any atom is 0.356 e. The molecule has 2 heterocycles. The van der Waals surface area contributed by atoms with Crippen molar-refractivity contribution in [3.05, 3.63) is 33.9 Å². The van der Waals surface area contributed by atoms with Gasteiger partial charge in [0.15, 0.2) is 0 Å². The minimum Gasteiger partial charge on any atom is -0.493 e. The predicted octanol–water partition coefficient (Wildman–Crippen LogP) is 2.95. The molecule has 0 unspecified atom stereocenters. The molecule has 1 N–H and O–H groups in total. The summed E-state index contributed by atoms with van der Waals surface area (Å²) in [4.78, 5) is 11.9. The van der Waals surface area contributed by atoms with Crippen molar-refractivity contribution in [2.45, 2.75) is 13.3 Å². The third-order valence-electron chi connectivity index (χ3n) is 3.15. The monoisotopic (exact) mass is 336 g/mol. The zero-order valence-electron chi connectivity index (χ0n) is 10.9. The predicted molar refractivity (Wildman–Crippen MR) is 76.9 cm³/mol. The van der Waals surface area contributed by atoms with Gasteiger partial charge in [0, 0.05) is 22.0 Å². The molecule has 0 saturated heterocycles. The van der Waals surface area contributed by atoms with E-state index in [4.69, 9.17) is 9.47 Å². The van der Waals surface area contributed by atoms with Gasteiger partial charge in [-0.1, -0.05) is 15.9 Å². The second-order valence-corrected chi connectivity index (χ2v) is 5.30. The Bertz CT molecular complexity index is 666. The Kier molecular flexibility index (Phi) is 3.48. The number of aromatic amines is 1. The normalized spacial score (nSPS) is 12.9. The number of nitrogens with one attached hydrogen (secondary N) is 1. The first-order chi connectivity index (χ1) is 9.70. The van der Waals surface area contributed by atoms with Crippen LogP contribution in [-0.4, -0.2) is 29.4 Å². The molecule has 20 heavy (non-hydrogen) atoms. The number of nitrogens with zero attached hydrogens (tertiary/aromatic N) is 1. The van der Waals surface area contributed by atoms with Gasteiger partial charge in [-0.2, -0.15) is 5.10 Å². The van der Waals surface area contributed by atoms with Crippen LogP contribution < -0.4 is 4.74 Å². The van der Waals surface area contributed by atoms with Crippen LogP contribution in [0, 0.1) is 0 Å². The lowest BCUT2D eigenvalue weighted by molar-refractivity contribution is 0.0518. The smallest absolute Gasteiger partial charge is 0.356 e. The molecule has 6 heteroatoms. The third kappa shape index (κ3) is 2.20. The number of carbonyl (C=O) groups is 1. The van der Waals surface area contributed by atoms with E-state index < -0.39 is 0 Å². The van der Waals surface area contributed by atoms with Gasteiger partial charge >= 0.3 is 5.97 Å². The summed E-state index contributed by atoms with van der Waals surface area (Å²) in [5, 5.41) is 7.07.